The summed E-state index contributed by atoms with van der Waals surface area (Å²) in [7, 11) is 1.59. The van der Waals surface area contributed by atoms with E-state index in [9.17, 15) is 0 Å². The Kier molecular flexibility index (Phi) is 4.51. The lowest BCUT2D eigenvalue weighted by atomic mass is 10.5. The highest BCUT2D eigenvalue weighted by molar-refractivity contribution is 7.71. The molecule has 3 N–H and O–H groups in total. The largest absolute Gasteiger partial charge is 0.395 e. The first kappa shape index (κ1) is 11.1. The molecule has 1 aromatic rings. The second kappa shape index (κ2) is 5.69. The normalized spacial score (nSPS) is 10.1. The average Bonchev–Trinajstić information content (AvgIpc) is 2.14. The Bertz CT molecular complexity index is 340. The Hall–Kier alpha value is -0.980. The molecule has 0 aliphatic carbocycles. The van der Waals surface area contributed by atoms with Crippen molar-refractivity contribution in [3.05, 3.63) is 16.5 Å². The third-order valence-corrected chi connectivity index (χ3v) is 1.71. The first-order chi connectivity index (χ1) is 6.76. The molecule has 0 saturated carbocycles. The van der Waals surface area contributed by atoms with Crippen molar-refractivity contribution in [2.24, 2.45) is 0 Å². The van der Waals surface area contributed by atoms with Crippen molar-refractivity contribution in [3.8, 4) is 0 Å². The molecular formula is C8H13N3O2S. The fourth-order valence-electron chi connectivity index (χ4n) is 0.999. The third-order valence-electron chi connectivity index (χ3n) is 1.50. The minimum Gasteiger partial charge on any atom is -0.395 e. The van der Waals surface area contributed by atoms with E-state index in [2.05, 4.69) is 15.3 Å². The van der Waals surface area contributed by atoms with Gasteiger partial charge in [-0.2, -0.15) is 0 Å². The van der Waals surface area contributed by atoms with Crippen LogP contribution in [0.25, 0.3) is 0 Å². The number of aliphatic hydroxyl groups is 1. The van der Waals surface area contributed by atoms with Crippen LogP contribution in [0.5, 0.6) is 0 Å². The topological polar surface area (TPSA) is 70.2 Å². The summed E-state index contributed by atoms with van der Waals surface area (Å²) in [5.74, 6) is 1.41. The van der Waals surface area contributed by atoms with E-state index in [0.29, 0.717) is 23.6 Å². The quantitative estimate of drug-likeness (QED) is 0.630. The molecule has 5 nitrogen and oxygen atoms in total. The number of H-pyrrole nitrogens is 1. The molecule has 0 unspecified atom stereocenters. The molecule has 1 heterocycles. The molecule has 0 atom stereocenters. The molecule has 0 amide bonds. The predicted octanol–water partition coefficient (Wildman–Crippen LogP) is 0.690. The van der Waals surface area contributed by atoms with Gasteiger partial charge in [-0.3, -0.25) is 0 Å². The van der Waals surface area contributed by atoms with Crippen LogP contribution in [-0.2, 0) is 11.3 Å². The van der Waals surface area contributed by atoms with E-state index >= 15 is 0 Å². The lowest BCUT2D eigenvalue weighted by Crippen LogP contribution is -2.09. The van der Waals surface area contributed by atoms with Crippen molar-refractivity contribution in [1.82, 2.24) is 9.97 Å². The molecule has 0 bridgehead atoms. The SMILES string of the molecule is COCc1nc(=S)cc(NCCO)[nH]1. The van der Waals surface area contributed by atoms with E-state index < -0.39 is 0 Å². The van der Waals surface area contributed by atoms with Gasteiger partial charge in [0.15, 0.2) is 0 Å². The number of hydrogen-bond acceptors (Lipinski definition) is 5. The second-order valence-electron chi connectivity index (χ2n) is 2.66. The molecule has 14 heavy (non-hydrogen) atoms. The molecule has 0 fully saturated rings. The average molecular weight is 215 g/mol. The minimum atomic E-state index is 0.0720. The van der Waals surface area contributed by atoms with Gasteiger partial charge in [0.2, 0.25) is 0 Å². The van der Waals surface area contributed by atoms with Crippen molar-refractivity contribution in [2.75, 3.05) is 25.6 Å². The highest BCUT2D eigenvalue weighted by Gasteiger charge is 1.97. The van der Waals surface area contributed by atoms with Gasteiger partial charge in [0.05, 0.1) is 6.61 Å². The van der Waals surface area contributed by atoms with Crippen molar-refractivity contribution < 1.29 is 9.84 Å². The number of hydrogen-bond donors (Lipinski definition) is 3. The summed E-state index contributed by atoms with van der Waals surface area (Å²) in [4.78, 5) is 7.06. The number of methoxy groups -OCH3 is 1. The van der Waals surface area contributed by atoms with Crippen LogP contribution in [-0.4, -0.2) is 35.3 Å². The van der Waals surface area contributed by atoms with Crippen LogP contribution in [0, 0.1) is 4.64 Å². The van der Waals surface area contributed by atoms with Gasteiger partial charge >= 0.3 is 0 Å². The van der Waals surface area contributed by atoms with Crippen LogP contribution < -0.4 is 5.32 Å². The number of rotatable bonds is 5. The van der Waals surface area contributed by atoms with Gasteiger partial charge in [-0.1, -0.05) is 12.2 Å². The highest BCUT2D eigenvalue weighted by atomic mass is 32.1. The van der Waals surface area contributed by atoms with E-state index in [4.69, 9.17) is 22.1 Å². The smallest absolute Gasteiger partial charge is 0.135 e. The summed E-state index contributed by atoms with van der Waals surface area (Å²) in [6.07, 6.45) is 0. The maximum absolute atomic E-state index is 8.63. The van der Waals surface area contributed by atoms with E-state index in [1.807, 2.05) is 0 Å². The van der Waals surface area contributed by atoms with E-state index in [1.54, 1.807) is 13.2 Å². The predicted molar refractivity (Wildman–Crippen MR) is 55.7 cm³/mol. The first-order valence-electron chi connectivity index (χ1n) is 4.20. The summed E-state index contributed by atoms with van der Waals surface area (Å²) in [5, 5.41) is 11.6. The molecule has 0 saturated heterocycles. The molecule has 0 aliphatic heterocycles. The molecule has 1 aromatic heterocycles. The lowest BCUT2D eigenvalue weighted by Gasteiger charge is -2.06. The van der Waals surface area contributed by atoms with E-state index in [-0.39, 0.29) is 6.61 Å². The molecule has 0 aromatic carbocycles. The number of nitrogens with zero attached hydrogens (tertiary/aromatic N) is 1. The second-order valence-corrected chi connectivity index (χ2v) is 3.08. The molecule has 1 rings (SSSR count). The van der Waals surface area contributed by atoms with Gasteiger partial charge in [-0.05, 0) is 0 Å². The Morgan fingerprint density at radius 3 is 3.14 bits per heavy atom. The Balaban J connectivity index is 2.78. The van der Waals surface area contributed by atoms with Crippen molar-refractivity contribution in [2.45, 2.75) is 6.61 Å². The van der Waals surface area contributed by atoms with Gasteiger partial charge in [-0.25, -0.2) is 4.98 Å². The minimum absolute atomic E-state index is 0.0720. The van der Waals surface area contributed by atoms with Crippen LogP contribution in [0.2, 0.25) is 0 Å². The Morgan fingerprint density at radius 2 is 2.50 bits per heavy atom. The zero-order chi connectivity index (χ0) is 10.4. The number of aliphatic hydroxyl groups excluding tert-OH is 1. The molecule has 78 valence electrons. The van der Waals surface area contributed by atoms with E-state index in [0.717, 1.165) is 5.82 Å². The fourth-order valence-corrected chi connectivity index (χ4v) is 1.23. The lowest BCUT2D eigenvalue weighted by molar-refractivity contribution is 0.178. The zero-order valence-electron chi connectivity index (χ0n) is 7.91. The molecule has 0 radical (unpaired) electrons. The number of aromatic nitrogens is 2. The summed E-state index contributed by atoms with van der Waals surface area (Å²) < 4.78 is 5.42. The molecule has 6 heteroatoms. The highest BCUT2D eigenvalue weighted by Crippen LogP contribution is 2.03. The third kappa shape index (κ3) is 3.41. The summed E-state index contributed by atoms with van der Waals surface area (Å²) >= 11 is 4.96. The van der Waals surface area contributed by atoms with Crippen LogP contribution in [0.15, 0.2) is 6.07 Å². The van der Waals surface area contributed by atoms with Crippen LogP contribution in [0.1, 0.15) is 5.82 Å². The van der Waals surface area contributed by atoms with Crippen molar-refractivity contribution >= 4 is 18.0 Å². The summed E-state index contributed by atoms with van der Waals surface area (Å²) in [6.45, 7) is 0.933. The Morgan fingerprint density at radius 1 is 1.71 bits per heavy atom. The number of aromatic amines is 1. The standard InChI is InChI=1S/C8H13N3O2S/c1-13-5-7-10-6(9-2-3-12)4-8(14)11-7/h4,12H,2-3,5H2,1H3,(H2,9,10,11,14). The Labute approximate surface area is 87.1 Å². The van der Waals surface area contributed by atoms with Gasteiger partial charge < -0.3 is 20.1 Å². The van der Waals surface area contributed by atoms with Crippen molar-refractivity contribution in [1.29, 1.82) is 0 Å². The summed E-state index contributed by atoms with van der Waals surface area (Å²) in [5.41, 5.74) is 0. The van der Waals surface area contributed by atoms with Gasteiger partial charge in [-0.15, -0.1) is 0 Å². The van der Waals surface area contributed by atoms with Gasteiger partial charge in [0, 0.05) is 19.7 Å². The molecular weight excluding hydrogens is 202 g/mol. The van der Waals surface area contributed by atoms with Gasteiger partial charge in [0.1, 0.15) is 22.9 Å². The van der Waals surface area contributed by atoms with Gasteiger partial charge in [0.25, 0.3) is 0 Å². The number of anilines is 1. The zero-order valence-corrected chi connectivity index (χ0v) is 8.73. The van der Waals surface area contributed by atoms with Crippen LogP contribution in [0.3, 0.4) is 0 Å². The van der Waals surface area contributed by atoms with E-state index in [1.165, 1.54) is 0 Å². The van der Waals surface area contributed by atoms with Crippen LogP contribution >= 0.6 is 12.2 Å². The molecule has 0 aliphatic rings. The van der Waals surface area contributed by atoms with Crippen molar-refractivity contribution in [3.63, 3.8) is 0 Å². The summed E-state index contributed by atoms with van der Waals surface area (Å²) in [6, 6.07) is 1.70. The maximum atomic E-state index is 8.63. The monoisotopic (exact) mass is 215 g/mol. The molecule has 0 spiro atoms. The fraction of sp³-hybridized carbons (Fsp3) is 0.500. The number of nitrogens with one attached hydrogen (secondary N) is 2. The first-order valence-corrected chi connectivity index (χ1v) is 4.61. The van der Waals surface area contributed by atoms with Crippen LogP contribution in [0.4, 0.5) is 5.82 Å². The number of ether oxygens (including phenoxy) is 1. The maximum Gasteiger partial charge on any atom is 0.135 e.